The van der Waals surface area contributed by atoms with Crippen molar-refractivity contribution in [2.45, 2.75) is 25.4 Å². The van der Waals surface area contributed by atoms with Gasteiger partial charge in [-0.15, -0.1) is 0 Å². The molecule has 1 atom stereocenters. The Labute approximate surface area is 112 Å². The molecular formula is C14H20FN3O. The van der Waals surface area contributed by atoms with Gasteiger partial charge in [0.15, 0.2) is 5.96 Å². The maximum Gasteiger partial charge on any atom is 0.188 e. The molecule has 0 spiro atoms. The normalized spacial score (nSPS) is 17.9. The van der Waals surface area contributed by atoms with Crippen LogP contribution in [0.25, 0.3) is 0 Å². The fourth-order valence-electron chi connectivity index (χ4n) is 1.98. The van der Waals surface area contributed by atoms with Crippen LogP contribution >= 0.6 is 0 Å². The zero-order chi connectivity index (χ0) is 13.7. The molecule has 104 valence electrons. The van der Waals surface area contributed by atoms with Crippen LogP contribution in [-0.2, 0) is 0 Å². The van der Waals surface area contributed by atoms with E-state index in [1.807, 2.05) is 0 Å². The van der Waals surface area contributed by atoms with E-state index in [9.17, 15) is 9.50 Å². The smallest absolute Gasteiger partial charge is 0.188 e. The highest BCUT2D eigenvalue weighted by Crippen LogP contribution is 2.25. The lowest BCUT2D eigenvalue weighted by molar-refractivity contribution is 0.187. The summed E-state index contributed by atoms with van der Waals surface area (Å²) >= 11 is 0. The summed E-state index contributed by atoms with van der Waals surface area (Å²) in [6.07, 6.45) is 3.04. The topological polar surface area (TPSA) is 70.6 Å². The fraction of sp³-hybridized carbons (Fsp3) is 0.500. The van der Waals surface area contributed by atoms with Gasteiger partial charge in [0.2, 0.25) is 0 Å². The van der Waals surface area contributed by atoms with Crippen LogP contribution < -0.4 is 11.1 Å². The number of benzene rings is 1. The molecule has 4 nitrogen and oxygen atoms in total. The third-order valence-corrected chi connectivity index (χ3v) is 3.49. The van der Waals surface area contributed by atoms with Crippen molar-refractivity contribution in [2.24, 2.45) is 16.6 Å². The monoisotopic (exact) mass is 265 g/mol. The van der Waals surface area contributed by atoms with E-state index in [2.05, 4.69) is 10.3 Å². The van der Waals surface area contributed by atoms with Gasteiger partial charge < -0.3 is 16.2 Å². The minimum atomic E-state index is -0.760. The van der Waals surface area contributed by atoms with E-state index < -0.39 is 6.10 Å². The second-order valence-electron chi connectivity index (χ2n) is 4.97. The fourth-order valence-corrected chi connectivity index (χ4v) is 1.98. The molecule has 1 aromatic rings. The number of aliphatic imine (C=N–C) groups is 1. The maximum atomic E-state index is 12.7. The van der Waals surface area contributed by atoms with Crippen LogP contribution in [0.3, 0.4) is 0 Å². The Morgan fingerprint density at radius 3 is 2.68 bits per heavy atom. The molecule has 5 heteroatoms. The summed E-state index contributed by atoms with van der Waals surface area (Å²) in [6, 6.07) is 5.74. The minimum Gasteiger partial charge on any atom is -0.386 e. The first kappa shape index (κ1) is 13.8. The van der Waals surface area contributed by atoms with Crippen molar-refractivity contribution in [3.05, 3.63) is 35.6 Å². The van der Waals surface area contributed by atoms with Gasteiger partial charge in [0.05, 0.1) is 12.6 Å². The summed E-state index contributed by atoms with van der Waals surface area (Å²) in [6.45, 7) is 1.02. The van der Waals surface area contributed by atoms with E-state index in [-0.39, 0.29) is 12.4 Å². The highest BCUT2D eigenvalue weighted by atomic mass is 19.1. The number of nitrogens with zero attached hydrogens (tertiary/aromatic N) is 1. The zero-order valence-corrected chi connectivity index (χ0v) is 10.8. The van der Waals surface area contributed by atoms with E-state index in [4.69, 9.17) is 5.73 Å². The molecule has 4 N–H and O–H groups in total. The van der Waals surface area contributed by atoms with Crippen molar-refractivity contribution in [3.63, 3.8) is 0 Å². The number of nitrogens with one attached hydrogen (secondary N) is 1. The van der Waals surface area contributed by atoms with Crippen molar-refractivity contribution < 1.29 is 9.50 Å². The molecule has 1 aliphatic carbocycles. The van der Waals surface area contributed by atoms with Gasteiger partial charge in [-0.1, -0.05) is 18.6 Å². The first-order valence-corrected chi connectivity index (χ1v) is 6.62. The Morgan fingerprint density at radius 2 is 2.11 bits per heavy atom. The standard InChI is InChI=1S/C14H20FN3O/c15-12-6-4-11(5-7-12)13(19)9-18-14(16)17-8-10-2-1-3-10/h4-7,10,13,19H,1-3,8-9H2,(H3,16,17,18)/t13-/m0/s1. The highest BCUT2D eigenvalue weighted by Gasteiger charge is 2.16. The molecule has 0 bridgehead atoms. The van der Waals surface area contributed by atoms with Crippen LogP contribution in [0, 0.1) is 11.7 Å². The van der Waals surface area contributed by atoms with Crippen molar-refractivity contribution in [3.8, 4) is 0 Å². The maximum absolute atomic E-state index is 12.7. The van der Waals surface area contributed by atoms with Crippen LogP contribution in [0.5, 0.6) is 0 Å². The molecule has 0 aromatic heterocycles. The molecular weight excluding hydrogens is 245 g/mol. The average molecular weight is 265 g/mol. The lowest BCUT2D eigenvalue weighted by Crippen LogP contribution is -2.37. The van der Waals surface area contributed by atoms with E-state index in [0.29, 0.717) is 17.4 Å². The molecule has 0 radical (unpaired) electrons. The zero-order valence-electron chi connectivity index (χ0n) is 10.8. The molecule has 0 aliphatic heterocycles. The number of aliphatic hydroxyl groups excluding tert-OH is 1. The van der Waals surface area contributed by atoms with E-state index in [1.165, 1.54) is 31.4 Å². The van der Waals surface area contributed by atoms with Gasteiger partial charge in [-0.3, -0.25) is 4.99 Å². The van der Waals surface area contributed by atoms with Crippen LogP contribution in [0.4, 0.5) is 4.39 Å². The largest absolute Gasteiger partial charge is 0.386 e. The number of guanidine groups is 1. The number of aliphatic hydroxyl groups is 1. The summed E-state index contributed by atoms with van der Waals surface area (Å²) in [5, 5.41) is 12.9. The SMILES string of the molecule is NC(=NC[C@H](O)c1ccc(F)cc1)NCC1CCC1. The summed E-state index contributed by atoms with van der Waals surface area (Å²) in [5.74, 6) is 0.741. The lowest BCUT2D eigenvalue weighted by atomic mass is 9.85. The van der Waals surface area contributed by atoms with Gasteiger partial charge in [-0.05, 0) is 36.5 Å². The van der Waals surface area contributed by atoms with Gasteiger partial charge >= 0.3 is 0 Å². The molecule has 19 heavy (non-hydrogen) atoms. The number of halogens is 1. The second kappa shape index (κ2) is 6.52. The minimum absolute atomic E-state index is 0.176. The van der Waals surface area contributed by atoms with E-state index in [0.717, 1.165) is 6.54 Å². The highest BCUT2D eigenvalue weighted by molar-refractivity contribution is 5.77. The molecule has 1 fully saturated rings. The van der Waals surface area contributed by atoms with E-state index >= 15 is 0 Å². The molecule has 1 saturated carbocycles. The average Bonchev–Trinajstić information content (AvgIpc) is 2.35. The molecule has 2 rings (SSSR count). The Hall–Kier alpha value is -1.62. The quantitative estimate of drug-likeness (QED) is 0.559. The molecule has 1 aliphatic rings. The van der Waals surface area contributed by atoms with Gasteiger partial charge in [-0.25, -0.2) is 4.39 Å². The third kappa shape index (κ3) is 4.21. The van der Waals surface area contributed by atoms with Gasteiger partial charge in [0, 0.05) is 6.54 Å². The Bertz CT molecular complexity index is 429. The Balaban J connectivity index is 1.77. The van der Waals surface area contributed by atoms with Crippen molar-refractivity contribution in [1.29, 1.82) is 0 Å². The van der Waals surface area contributed by atoms with Gasteiger partial charge in [0.1, 0.15) is 5.82 Å². The van der Waals surface area contributed by atoms with Crippen molar-refractivity contribution in [2.75, 3.05) is 13.1 Å². The molecule has 0 unspecified atom stereocenters. The predicted molar refractivity (Wildman–Crippen MR) is 73.2 cm³/mol. The van der Waals surface area contributed by atoms with Crippen LogP contribution in [-0.4, -0.2) is 24.2 Å². The molecule has 0 heterocycles. The first-order valence-electron chi connectivity index (χ1n) is 6.62. The molecule has 0 amide bonds. The van der Waals surface area contributed by atoms with Crippen LogP contribution in [0.1, 0.15) is 30.9 Å². The first-order chi connectivity index (χ1) is 9.15. The van der Waals surface area contributed by atoms with Gasteiger partial charge in [0.25, 0.3) is 0 Å². The summed E-state index contributed by atoms with van der Waals surface area (Å²) in [7, 11) is 0. The number of nitrogens with two attached hydrogens (primary N) is 1. The summed E-state index contributed by atoms with van der Waals surface area (Å²) in [5.41, 5.74) is 6.36. The summed E-state index contributed by atoms with van der Waals surface area (Å²) < 4.78 is 12.7. The van der Waals surface area contributed by atoms with Crippen LogP contribution in [0.15, 0.2) is 29.3 Å². The second-order valence-corrected chi connectivity index (χ2v) is 4.97. The predicted octanol–water partition coefficient (Wildman–Crippen LogP) is 1.56. The number of rotatable bonds is 5. The van der Waals surface area contributed by atoms with Gasteiger partial charge in [-0.2, -0.15) is 0 Å². The number of hydrogen-bond acceptors (Lipinski definition) is 2. The lowest BCUT2D eigenvalue weighted by Gasteiger charge is -2.25. The van der Waals surface area contributed by atoms with Crippen molar-refractivity contribution >= 4 is 5.96 Å². The third-order valence-electron chi connectivity index (χ3n) is 3.49. The van der Waals surface area contributed by atoms with Crippen molar-refractivity contribution in [1.82, 2.24) is 5.32 Å². The van der Waals surface area contributed by atoms with Crippen LogP contribution in [0.2, 0.25) is 0 Å². The number of hydrogen-bond donors (Lipinski definition) is 3. The van der Waals surface area contributed by atoms with E-state index in [1.54, 1.807) is 12.1 Å². The Kier molecular flexibility index (Phi) is 4.74. The summed E-state index contributed by atoms with van der Waals surface area (Å²) in [4.78, 5) is 4.09. The molecule has 1 aromatic carbocycles. The Morgan fingerprint density at radius 1 is 1.42 bits per heavy atom. The molecule has 0 saturated heterocycles.